The van der Waals surface area contributed by atoms with Crippen LogP contribution in [-0.2, 0) is 13.1 Å². The zero-order valence-electron chi connectivity index (χ0n) is 16.7. The van der Waals surface area contributed by atoms with Crippen LogP contribution >= 0.6 is 15.9 Å². The van der Waals surface area contributed by atoms with Gasteiger partial charge in [0.25, 0.3) is 5.91 Å². The summed E-state index contributed by atoms with van der Waals surface area (Å²) >= 11 is 3.56. The van der Waals surface area contributed by atoms with E-state index >= 15 is 0 Å². The van der Waals surface area contributed by atoms with E-state index in [0.29, 0.717) is 12.3 Å². The highest BCUT2D eigenvalue weighted by Crippen LogP contribution is 2.22. The number of carbonyl (C=O) groups is 1. The summed E-state index contributed by atoms with van der Waals surface area (Å²) in [5.41, 5.74) is 3.85. The van der Waals surface area contributed by atoms with Crippen LogP contribution in [-0.4, -0.2) is 33.7 Å². The van der Waals surface area contributed by atoms with E-state index in [9.17, 15) is 4.79 Å². The van der Waals surface area contributed by atoms with Crippen LogP contribution in [0.5, 0.6) is 0 Å². The molecule has 0 saturated carbocycles. The fourth-order valence-corrected chi connectivity index (χ4v) is 3.97. The Morgan fingerprint density at radius 1 is 1.17 bits per heavy atom. The van der Waals surface area contributed by atoms with Gasteiger partial charge in [0.1, 0.15) is 5.76 Å². The number of likely N-dealkylation sites (tertiary alicyclic amines) is 1. The van der Waals surface area contributed by atoms with Gasteiger partial charge in [-0.2, -0.15) is 5.10 Å². The Morgan fingerprint density at radius 2 is 1.97 bits per heavy atom. The molecule has 6 nitrogen and oxygen atoms in total. The molecule has 29 heavy (non-hydrogen) atoms. The quantitative estimate of drug-likeness (QED) is 0.580. The van der Waals surface area contributed by atoms with Crippen molar-refractivity contribution in [3.63, 3.8) is 0 Å². The van der Waals surface area contributed by atoms with Crippen LogP contribution < -0.4 is 5.32 Å². The number of aryl methyl sites for hydroxylation is 1. The van der Waals surface area contributed by atoms with Crippen LogP contribution in [0.4, 0.5) is 5.69 Å². The predicted octanol–water partition coefficient (Wildman–Crippen LogP) is 4.75. The summed E-state index contributed by atoms with van der Waals surface area (Å²) in [4.78, 5) is 14.9. The van der Waals surface area contributed by atoms with Gasteiger partial charge in [0.15, 0.2) is 5.76 Å². The molecule has 1 amide bonds. The minimum Gasteiger partial charge on any atom is -0.455 e. The van der Waals surface area contributed by atoms with Crippen molar-refractivity contribution in [3.05, 3.63) is 69.3 Å². The van der Waals surface area contributed by atoms with Gasteiger partial charge in [-0.1, -0.05) is 12.1 Å². The molecular weight excluding hydrogens is 432 g/mol. The third-order valence-electron chi connectivity index (χ3n) is 5.27. The normalized spacial score (nSPS) is 14.4. The maximum Gasteiger partial charge on any atom is 0.291 e. The molecule has 1 saturated heterocycles. The van der Waals surface area contributed by atoms with Crippen molar-refractivity contribution < 1.29 is 9.21 Å². The summed E-state index contributed by atoms with van der Waals surface area (Å²) in [6.07, 6.45) is 2.47. The molecule has 7 heteroatoms. The molecule has 0 unspecified atom stereocenters. The molecule has 0 spiro atoms. The Balaban J connectivity index is 1.41. The lowest BCUT2D eigenvalue weighted by atomic mass is 10.2. The number of anilines is 1. The Labute approximate surface area is 179 Å². The number of furan rings is 1. The molecule has 4 rings (SSSR count). The average molecular weight is 457 g/mol. The van der Waals surface area contributed by atoms with Crippen LogP contribution in [0.3, 0.4) is 0 Å². The summed E-state index contributed by atoms with van der Waals surface area (Å²) in [7, 11) is 0. The van der Waals surface area contributed by atoms with Crippen molar-refractivity contribution in [2.24, 2.45) is 0 Å². The number of halogens is 1. The Hall–Kier alpha value is -2.38. The molecule has 1 fully saturated rings. The summed E-state index contributed by atoms with van der Waals surface area (Å²) in [5.74, 6) is 0.941. The molecule has 0 bridgehead atoms. The second-order valence-corrected chi connectivity index (χ2v) is 8.34. The van der Waals surface area contributed by atoms with E-state index in [1.165, 1.54) is 12.8 Å². The summed E-state index contributed by atoms with van der Waals surface area (Å²) in [6.45, 7) is 7.61. The topological polar surface area (TPSA) is 63.3 Å². The number of nitrogens with one attached hydrogen (secondary N) is 1. The van der Waals surface area contributed by atoms with Crippen molar-refractivity contribution in [1.29, 1.82) is 0 Å². The first kappa shape index (κ1) is 19.9. The minimum atomic E-state index is -0.233. The molecule has 3 heterocycles. The first-order valence-corrected chi connectivity index (χ1v) is 10.7. The van der Waals surface area contributed by atoms with E-state index in [1.807, 2.05) is 48.9 Å². The molecule has 152 valence electrons. The van der Waals surface area contributed by atoms with Gasteiger partial charge in [0, 0.05) is 5.69 Å². The number of hydrogen-bond donors (Lipinski definition) is 1. The highest BCUT2D eigenvalue weighted by molar-refractivity contribution is 9.10. The summed E-state index contributed by atoms with van der Waals surface area (Å²) in [6, 6.07) is 11.5. The van der Waals surface area contributed by atoms with Gasteiger partial charge < -0.3 is 9.73 Å². The molecule has 1 aliphatic rings. The number of rotatable bonds is 6. The number of carbonyl (C=O) groups excluding carboxylic acids is 1. The third kappa shape index (κ3) is 4.62. The van der Waals surface area contributed by atoms with Gasteiger partial charge in [0.2, 0.25) is 0 Å². The molecule has 3 aromatic rings. The van der Waals surface area contributed by atoms with Crippen LogP contribution in [0, 0.1) is 13.8 Å². The van der Waals surface area contributed by atoms with Gasteiger partial charge in [-0.15, -0.1) is 0 Å². The van der Waals surface area contributed by atoms with Crippen LogP contribution in [0.25, 0.3) is 0 Å². The third-order valence-corrected chi connectivity index (χ3v) is 6.42. The summed E-state index contributed by atoms with van der Waals surface area (Å²) < 4.78 is 8.75. The van der Waals surface area contributed by atoms with Crippen LogP contribution in [0.2, 0.25) is 0 Å². The second-order valence-electron chi connectivity index (χ2n) is 7.55. The fraction of sp³-hybridized carbons (Fsp3) is 0.364. The fourth-order valence-electron chi connectivity index (χ4n) is 3.69. The monoisotopic (exact) mass is 456 g/mol. The van der Waals surface area contributed by atoms with Crippen molar-refractivity contribution >= 4 is 27.5 Å². The smallest absolute Gasteiger partial charge is 0.291 e. The molecule has 1 aromatic carbocycles. The molecule has 0 radical (unpaired) electrons. The van der Waals surface area contributed by atoms with Gasteiger partial charge in [0.05, 0.1) is 29.0 Å². The van der Waals surface area contributed by atoms with E-state index in [4.69, 9.17) is 4.42 Å². The maximum atomic E-state index is 12.6. The van der Waals surface area contributed by atoms with E-state index in [0.717, 1.165) is 52.5 Å². The van der Waals surface area contributed by atoms with E-state index in [-0.39, 0.29) is 5.91 Å². The van der Waals surface area contributed by atoms with Gasteiger partial charge in [-0.25, -0.2) is 0 Å². The SMILES string of the molecule is Cc1nn(Cc2cccc(NC(=O)c3ccc(CN4CCCC4)o3)c2)c(C)c1Br. The standard InChI is InChI=1S/C22H25BrN4O2/c1-15-21(23)16(2)27(25-15)13-17-6-5-7-18(12-17)24-22(28)20-9-8-19(29-20)14-26-10-3-4-11-26/h5-9,12H,3-4,10-11,13-14H2,1-2H3,(H,24,28). The number of hydrogen-bond acceptors (Lipinski definition) is 4. The van der Waals surface area contributed by atoms with Crippen molar-refractivity contribution in [1.82, 2.24) is 14.7 Å². The van der Waals surface area contributed by atoms with E-state index < -0.39 is 0 Å². The van der Waals surface area contributed by atoms with Crippen molar-refractivity contribution in [2.75, 3.05) is 18.4 Å². The summed E-state index contributed by atoms with van der Waals surface area (Å²) in [5, 5.41) is 7.49. The molecule has 0 atom stereocenters. The molecular formula is C22H25BrN4O2. The number of amides is 1. The highest BCUT2D eigenvalue weighted by Gasteiger charge is 2.16. The zero-order chi connectivity index (χ0) is 20.4. The van der Waals surface area contributed by atoms with Gasteiger partial charge in [-0.05, 0) is 85.5 Å². The van der Waals surface area contributed by atoms with Crippen LogP contribution in [0.1, 0.15) is 46.1 Å². The van der Waals surface area contributed by atoms with E-state index in [2.05, 4.69) is 31.2 Å². The minimum absolute atomic E-state index is 0.233. The second kappa shape index (κ2) is 8.55. The van der Waals surface area contributed by atoms with Gasteiger partial charge >= 0.3 is 0 Å². The van der Waals surface area contributed by atoms with Crippen molar-refractivity contribution in [3.8, 4) is 0 Å². The van der Waals surface area contributed by atoms with E-state index in [1.54, 1.807) is 6.07 Å². The first-order chi connectivity index (χ1) is 14.0. The number of nitrogens with zero attached hydrogens (tertiary/aromatic N) is 3. The zero-order valence-corrected chi connectivity index (χ0v) is 18.3. The molecule has 2 aromatic heterocycles. The lowest BCUT2D eigenvalue weighted by Crippen LogP contribution is -2.18. The average Bonchev–Trinajstić information content (AvgIpc) is 3.43. The largest absolute Gasteiger partial charge is 0.455 e. The highest BCUT2D eigenvalue weighted by atomic mass is 79.9. The Kier molecular flexibility index (Phi) is 5.87. The molecule has 0 aliphatic carbocycles. The molecule has 1 N–H and O–H groups in total. The Bertz CT molecular complexity index is 1020. The first-order valence-electron chi connectivity index (χ1n) is 9.90. The van der Waals surface area contributed by atoms with Crippen LogP contribution in [0.15, 0.2) is 45.3 Å². The number of aromatic nitrogens is 2. The van der Waals surface area contributed by atoms with Gasteiger partial charge in [-0.3, -0.25) is 14.4 Å². The lowest BCUT2D eigenvalue weighted by molar-refractivity contribution is 0.0993. The molecule has 1 aliphatic heterocycles. The number of benzene rings is 1. The van der Waals surface area contributed by atoms with Crippen molar-refractivity contribution in [2.45, 2.75) is 39.8 Å². The lowest BCUT2D eigenvalue weighted by Gasteiger charge is -2.11. The maximum absolute atomic E-state index is 12.6. The Morgan fingerprint density at radius 3 is 2.69 bits per heavy atom. The predicted molar refractivity (Wildman–Crippen MR) is 116 cm³/mol.